The molecule has 0 aromatic carbocycles. The fraction of sp³-hybridized carbons (Fsp3) is 1.00. The van der Waals surface area contributed by atoms with Crippen molar-refractivity contribution in [2.24, 2.45) is 5.92 Å². The molecule has 0 radical (unpaired) electrons. The van der Waals surface area contributed by atoms with E-state index in [1.165, 1.54) is 19.4 Å². The van der Waals surface area contributed by atoms with Crippen LogP contribution in [0.5, 0.6) is 0 Å². The number of ether oxygens (including phenoxy) is 1. The van der Waals surface area contributed by atoms with Crippen LogP contribution < -0.4 is 5.32 Å². The lowest BCUT2D eigenvalue weighted by molar-refractivity contribution is -0.0192. The molecule has 120 valence electrons. The number of likely N-dealkylation sites (tertiary alicyclic amines) is 1. The molecule has 2 unspecified atom stereocenters. The SMILES string of the molecule is CCCOC1CCCN(C(CNC(C)(C)C)C(C)C)C1. The van der Waals surface area contributed by atoms with Crippen LogP contribution in [0.4, 0.5) is 0 Å². The molecular weight excluding hydrogens is 248 g/mol. The van der Waals surface area contributed by atoms with E-state index in [1.54, 1.807) is 0 Å². The summed E-state index contributed by atoms with van der Waals surface area (Å²) in [6, 6.07) is 0.613. The number of rotatable bonds is 7. The Morgan fingerprint density at radius 1 is 1.30 bits per heavy atom. The summed E-state index contributed by atoms with van der Waals surface area (Å²) >= 11 is 0. The van der Waals surface area contributed by atoms with Crippen LogP contribution in [-0.4, -0.2) is 48.8 Å². The van der Waals surface area contributed by atoms with Crippen molar-refractivity contribution >= 4 is 0 Å². The van der Waals surface area contributed by atoms with Gasteiger partial charge in [0.25, 0.3) is 0 Å². The van der Waals surface area contributed by atoms with Gasteiger partial charge >= 0.3 is 0 Å². The van der Waals surface area contributed by atoms with Crippen LogP contribution in [0, 0.1) is 5.92 Å². The number of piperidine rings is 1. The Morgan fingerprint density at radius 3 is 2.55 bits per heavy atom. The Morgan fingerprint density at radius 2 is 2.00 bits per heavy atom. The Hall–Kier alpha value is -0.120. The van der Waals surface area contributed by atoms with Gasteiger partial charge in [0.15, 0.2) is 0 Å². The molecule has 1 rings (SSSR count). The number of hydrogen-bond acceptors (Lipinski definition) is 3. The lowest BCUT2D eigenvalue weighted by atomic mass is 9.97. The second-order valence-corrected chi connectivity index (χ2v) is 7.57. The first-order valence-corrected chi connectivity index (χ1v) is 8.44. The third-order valence-electron chi connectivity index (χ3n) is 4.05. The predicted octanol–water partition coefficient (Wildman–Crippen LogP) is 3.29. The minimum Gasteiger partial charge on any atom is -0.377 e. The molecule has 1 saturated heterocycles. The van der Waals surface area contributed by atoms with E-state index in [9.17, 15) is 0 Å². The standard InChI is InChI=1S/C17H36N2O/c1-7-11-20-15-9-8-10-19(13-15)16(14(2)3)12-18-17(4,5)6/h14-16,18H,7-13H2,1-6H3. The van der Waals surface area contributed by atoms with E-state index < -0.39 is 0 Å². The first-order valence-electron chi connectivity index (χ1n) is 8.44. The van der Waals surface area contributed by atoms with E-state index in [2.05, 4.69) is 51.8 Å². The quantitative estimate of drug-likeness (QED) is 0.776. The summed E-state index contributed by atoms with van der Waals surface area (Å²) in [5.74, 6) is 0.676. The van der Waals surface area contributed by atoms with E-state index in [0.717, 1.165) is 26.1 Å². The Labute approximate surface area is 126 Å². The smallest absolute Gasteiger partial charge is 0.0702 e. The van der Waals surface area contributed by atoms with Gasteiger partial charge in [0.05, 0.1) is 6.10 Å². The van der Waals surface area contributed by atoms with Gasteiger partial charge in [-0.05, 0) is 52.5 Å². The second-order valence-electron chi connectivity index (χ2n) is 7.57. The van der Waals surface area contributed by atoms with Crippen LogP contribution >= 0.6 is 0 Å². The number of nitrogens with one attached hydrogen (secondary N) is 1. The fourth-order valence-corrected chi connectivity index (χ4v) is 2.89. The maximum absolute atomic E-state index is 5.98. The third kappa shape index (κ3) is 6.55. The maximum Gasteiger partial charge on any atom is 0.0702 e. The molecule has 1 heterocycles. The molecule has 0 saturated carbocycles. The van der Waals surface area contributed by atoms with Crippen LogP contribution in [0.25, 0.3) is 0 Å². The van der Waals surface area contributed by atoms with Crippen molar-refractivity contribution in [2.75, 3.05) is 26.2 Å². The van der Waals surface area contributed by atoms with Crippen molar-refractivity contribution in [1.29, 1.82) is 0 Å². The first kappa shape index (κ1) is 17.9. The molecule has 0 aromatic heterocycles. The zero-order valence-electron chi connectivity index (χ0n) is 14.5. The molecule has 1 aliphatic heterocycles. The van der Waals surface area contributed by atoms with E-state index in [-0.39, 0.29) is 5.54 Å². The Bertz CT molecular complexity index is 260. The molecule has 1 aliphatic rings. The highest BCUT2D eigenvalue weighted by Gasteiger charge is 2.28. The van der Waals surface area contributed by atoms with Crippen molar-refractivity contribution in [3.8, 4) is 0 Å². The van der Waals surface area contributed by atoms with Gasteiger partial charge in [0.1, 0.15) is 0 Å². The topological polar surface area (TPSA) is 24.5 Å². The zero-order chi connectivity index (χ0) is 15.2. The molecule has 1 fully saturated rings. The molecular formula is C17H36N2O. The van der Waals surface area contributed by atoms with E-state index in [0.29, 0.717) is 18.1 Å². The van der Waals surface area contributed by atoms with Gasteiger partial charge in [-0.2, -0.15) is 0 Å². The lowest BCUT2D eigenvalue weighted by Gasteiger charge is -2.41. The lowest BCUT2D eigenvalue weighted by Crippen LogP contribution is -2.53. The minimum atomic E-state index is 0.195. The monoisotopic (exact) mass is 284 g/mol. The van der Waals surface area contributed by atoms with Gasteiger partial charge in [-0.1, -0.05) is 20.8 Å². The third-order valence-corrected chi connectivity index (χ3v) is 4.05. The summed E-state index contributed by atoms with van der Waals surface area (Å²) in [6.07, 6.45) is 4.07. The van der Waals surface area contributed by atoms with Gasteiger partial charge in [-0.15, -0.1) is 0 Å². The predicted molar refractivity (Wildman–Crippen MR) is 87.2 cm³/mol. The zero-order valence-corrected chi connectivity index (χ0v) is 14.5. The summed E-state index contributed by atoms with van der Waals surface area (Å²) < 4.78 is 5.98. The Kier molecular flexibility index (Phi) is 7.49. The molecule has 1 N–H and O–H groups in total. The van der Waals surface area contributed by atoms with Crippen LogP contribution in [0.1, 0.15) is 60.8 Å². The average molecular weight is 284 g/mol. The van der Waals surface area contributed by atoms with E-state index >= 15 is 0 Å². The molecule has 0 spiro atoms. The van der Waals surface area contributed by atoms with Gasteiger partial charge in [-0.25, -0.2) is 0 Å². The summed E-state index contributed by atoms with van der Waals surface area (Å²) in [6.45, 7) is 17.9. The van der Waals surface area contributed by atoms with Crippen molar-refractivity contribution in [3.05, 3.63) is 0 Å². The Balaban J connectivity index is 2.52. The molecule has 0 aromatic rings. The first-order chi connectivity index (χ1) is 9.33. The van der Waals surface area contributed by atoms with Crippen LogP contribution in [0.15, 0.2) is 0 Å². The summed E-state index contributed by atoms with van der Waals surface area (Å²) in [5, 5.41) is 3.68. The maximum atomic E-state index is 5.98. The van der Waals surface area contributed by atoms with Crippen molar-refractivity contribution in [3.63, 3.8) is 0 Å². The highest BCUT2D eigenvalue weighted by Crippen LogP contribution is 2.20. The van der Waals surface area contributed by atoms with Crippen LogP contribution in [0.3, 0.4) is 0 Å². The van der Waals surface area contributed by atoms with Crippen molar-refractivity contribution < 1.29 is 4.74 Å². The summed E-state index contributed by atoms with van der Waals surface area (Å²) in [4.78, 5) is 2.65. The molecule has 3 heteroatoms. The number of hydrogen-bond donors (Lipinski definition) is 1. The van der Waals surface area contributed by atoms with E-state index in [4.69, 9.17) is 4.74 Å². The van der Waals surface area contributed by atoms with Crippen molar-refractivity contribution in [2.45, 2.75) is 78.5 Å². The van der Waals surface area contributed by atoms with Gasteiger partial charge < -0.3 is 10.1 Å². The van der Waals surface area contributed by atoms with Crippen molar-refractivity contribution in [1.82, 2.24) is 10.2 Å². The number of nitrogens with zero attached hydrogens (tertiary/aromatic N) is 1. The largest absolute Gasteiger partial charge is 0.377 e. The summed E-state index contributed by atoms with van der Waals surface area (Å²) in [5.41, 5.74) is 0.195. The van der Waals surface area contributed by atoms with Crippen LogP contribution in [-0.2, 0) is 4.74 Å². The van der Waals surface area contributed by atoms with Crippen LogP contribution in [0.2, 0.25) is 0 Å². The molecule has 3 nitrogen and oxygen atoms in total. The average Bonchev–Trinajstić information content (AvgIpc) is 2.35. The second kappa shape index (κ2) is 8.35. The molecule has 2 atom stereocenters. The van der Waals surface area contributed by atoms with Gasteiger partial charge in [0, 0.05) is 31.3 Å². The highest BCUT2D eigenvalue weighted by molar-refractivity contribution is 4.85. The molecule has 20 heavy (non-hydrogen) atoms. The summed E-state index contributed by atoms with van der Waals surface area (Å²) in [7, 11) is 0. The highest BCUT2D eigenvalue weighted by atomic mass is 16.5. The fourth-order valence-electron chi connectivity index (χ4n) is 2.89. The molecule has 0 bridgehead atoms. The van der Waals surface area contributed by atoms with Gasteiger partial charge in [0.2, 0.25) is 0 Å². The molecule has 0 aliphatic carbocycles. The molecule has 0 amide bonds. The van der Waals surface area contributed by atoms with E-state index in [1.807, 2.05) is 0 Å². The normalized spacial score (nSPS) is 23.2. The van der Waals surface area contributed by atoms with Gasteiger partial charge in [-0.3, -0.25) is 4.90 Å². The minimum absolute atomic E-state index is 0.195.